The first-order valence-electron chi connectivity index (χ1n) is 9.62. The third-order valence-electron chi connectivity index (χ3n) is 4.33. The van der Waals surface area contributed by atoms with Crippen LogP contribution in [0.1, 0.15) is 26.2 Å². The Bertz CT molecular complexity index is 323. The summed E-state index contributed by atoms with van der Waals surface area (Å²) >= 11 is 0. The van der Waals surface area contributed by atoms with Gasteiger partial charge in [-0.2, -0.15) is 0 Å². The predicted molar refractivity (Wildman–Crippen MR) is 98.9 cm³/mol. The number of methoxy groups -OCH3 is 1. The molecule has 0 bridgehead atoms. The van der Waals surface area contributed by atoms with E-state index in [0.29, 0.717) is 32.8 Å². The van der Waals surface area contributed by atoms with E-state index in [0.717, 1.165) is 65.3 Å². The highest BCUT2D eigenvalue weighted by Crippen LogP contribution is 2.01. The van der Waals surface area contributed by atoms with Crippen molar-refractivity contribution in [3.05, 3.63) is 0 Å². The number of amides is 1. The van der Waals surface area contributed by atoms with Gasteiger partial charge in [0.05, 0.1) is 33.0 Å². The van der Waals surface area contributed by atoms with Gasteiger partial charge in [-0.15, -0.1) is 0 Å². The maximum Gasteiger partial charge on any atom is 0.220 e. The van der Waals surface area contributed by atoms with Gasteiger partial charge < -0.3 is 19.5 Å². The first-order chi connectivity index (χ1) is 12.3. The molecule has 0 radical (unpaired) electrons. The van der Waals surface area contributed by atoms with Crippen molar-refractivity contribution in [2.45, 2.75) is 26.2 Å². The van der Waals surface area contributed by atoms with Gasteiger partial charge in [0.15, 0.2) is 0 Å². The second-order valence-electron chi connectivity index (χ2n) is 6.35. The first kappa shape index (κ1) is 22.3. The summed E-state index contributed by atoms with van der Waals surface area (Å²) in [4.78, 5) is 16.3. The quantitative estimate of drug-likeness (QED) is 0.432. The second-order valence-corrected chi connectivity index (χ2v) is 6.35. The highest BCUT2D eigenvalue weighted by atomic mass is 16.5. The molecule has 1 aliphatic heterocycles. The van der Waals surface area contributed by atoms with Crippen LogP contribution >= 0.6 is 0 Å². The molecule has 1 fully saturated rings. The molecular weight excluding hydrogens is 322 g/mol. The Morgan fingerprint density at radius 3 is 2.12 bits per heavy atom. The lowest BCUT2D eigenvalue weighted by molar-refractivity contribution is -0.121. The van der Waals surface area contributed by atoms with Crippen molar-refractivity contribution in [1.82, 2.24) is 15.1 Å². The summed E-state index contributed by atoms with van der Waals surface area (Å²) in [6, 6.07) is 0. The van der Waals surface area contributed by atoms with Crippen LogP contribution in [-0.2, 0) is 19.0 Å². The molecule has 0 aromatic heterocycles. The van der Waals surface area contributed by atoms with Gasteiger partial charge in [0.25, 0.3) is 0 Å². The van der Waals surface area contributed by atoms with Gasteiger partial charge >= 0.3 is 0 Å². The summed E-state index contributed by atoms with van der Waals surface area (Å²) in [5.74, 6) is 0.115. The molecule has 0 saturated carbocycles. The molecule has 7 heteroatoms. The highest BCUT2D eigenvalue weighted by molar-refractivity contribution is 5.75. The topological polar surface area (TPSA) is 63.3 Å². The molecule has 1 aliphatic rings. The molecule has 7 nitrogen and oxygen atoms in total. The number of unbranched alkanes of at least 4 members (excludes halogenated alkanes) is 1. The lowest BCUT2D eigenvalue weighted by Gasteiger charge is -2.34. The molecule has 0 aromatic rings. The predicted octanol–water partition coefficient (Wildman–Crippen LogP) is 0.590. The lowest BCUT2D eigenvalue weighted by atomic mass is 10.2. The van der Waals surface area contributed by atoms with E-state index in [1.807, 2.05) is 0 Å². The minimum Gasteiger partial charge on any atom is -0.383 e. The van der Waals surface area contributed by atoms with Crippen molar-refractivity contribution in [1.29, 1.82) is 0 Å². The summed E-state index contributed by atoms with van der Waals surface area (Å²) in [5, 5.41) is 2.86. The number of nitrogens with zero attached hydrogens (tertiary/aromatic N) is 2. The molecule has 1 N–H and O–H groups in total. The van der Waals surface area contributed by atoms with Crippen LogP contribution < -0.4 is 5.32 Å². The molecule has 0 spiro atoms. The number of rotatable bonds is 15. The summed E-state index contributed by atoms with van der Waals surface area (Å²) in [6.45, 7) is 12.4. The fourth-order valence-corrected chi connectivity index (χ4v) is 2.66. The molecule has 1 amide bonds. The molecule has 0 unspecified atom stereocenters. The Balaban J connectivity index is 1.83. The maximum absolute atomic E-state index is 11.4. The molecule has 0 aromatic carbocycles. The van der Waals surface area contributed by atoms with E-state index in [2.05, 4.69) is 22.0 Å². The van der Waals surface area contributed by atoms with E-state index in [1.54, 1.807) is 7.11 Å². The van der Waals surface area contributed by atoms with Crippen LogP contribution in [0, 0.1) is 0 Å². The third-order valence-corrected chi connectivity index (χ3v) is 4.33. The monoisotopic (exact) mass is 359 g/mol. The molecule has 0 atom stereocenters. The molecule has 25 heavy (non-hydrogen) atoms. The number of carbonyl (C=O) groups is 1. The van der Waals surface area contributed by atoms with Crippen molar-refractivity contribution in [2.24, 2.45) is 0 Å². The smallest absolute Gasteiger partial charge is 0.220 e. The zero-order valence-corrected chi connectivity index (χ0v) is 16.1. The summed E-state index contributed by atoms with van der Waals surface area (Å²) in [7, 11) is 1.75. The highest BCUT2D eigenvalue weighted by Gasteiger charge is 2.15. The fourth-order valence-electron chi connectivity index (χ4n) is 2.66. The number of ether oxygens (including phenoxy) is 3. The van der Waals surface area contributed by atoms with Crippen LogP contribution in [0.3, 0.4) is 0 Å². The van der Waals surface area contributed by atoms with Gasteiger partial charge in [-0.25, -0.2) is 0 Å². The number of carbonyl (C=O) groups excluding carboxylic acids is 1. The largest absolute Gasteiger partial charge is 0.383 e. The van der Waals surface area contributed by atoms with Crippen LogP contribution in [0.2, 0.25) is 0 Å². The van der Waals surface area contributed by atoms with E-state index in [-0.39, 0.29) is 5.91 Å². The van der Waals surface area contributed by atoms with Gasteiger partial charge in [0, 0.05) is 59.3 Å². The van der Waals surface area contributed by atoms with E-state index < -0.39 is 0 Å². The summed E-state index contributed by atoms with van der Waals surface area (Å²) in [6.07, 6.45) is 2.60. The summed E-state index contributed by atoms with van der Waals surface area (Å²) in [5.41, 5.74) is 0. The number of hydrogen-bond acceptors (Lipinski definition) is 6. The first-order valence-corrected chi connectivity index (χ1v) is 9.62. The Morgan fingerprint density at radius 1 is 0.920 bits per heavy atom. The minimum absolute atomic E-state index is 0.115. The summed E-state index contributed by atoms with van der Waals surface area (Å²) < 4.78 is 16.2. The van der Waals surface area contributed by atoms with Crippen molar-refractivity contribution < 1.29 is 19.0 Å². The Kier molecular flexibility index (Phi) is 13.8. The average molecular weight is 360 g/mol. The molecule has 148 valence electrons. The number of nitrogens with one attached hydrogen (secondary N) is 1. The van der Waals surface area contributed by atoms with Gasteiger partial charge in [-0.05, 0) is 6.42 Å². The van der Waals surface area contributed by atoms with Gasteiger partial charge in [0.2, 0.25) is 5.91 Å². The van der Waals surface area contributed by atoms with Crippen LogP contribution in [0.4, 0.5) is 0 Å². The van der Waals surface area contributed by atoms with E-state index in [1.165, 1.54) is 0 Å². The standard InChI is InChI=1S/C18H37N3O4/c1-3-4-5-18(22)19-6-13-24-16-17-25-15-12-21-9-7-20(8-10-21)11-14-23-2/h3-17H2,1-2H3,(H,19,22). The van der Waals surface area contributed by atoms with E-state index in [9.17, 15) is 4.79 Å². The van der Waals surface area contributed by atoms with E-state index >= 15 is 0 Å². The lowest BCUT2D eigenvalue weighted by Crippen LogP contribution is -2.48. The Labute approximate surface area is 153 Å². The third kappa shape index (κ3) is 12.3. The van der Waals surface area contributed by atoms with Crippen molar-refractivity contribution in [2.75, 3.05) is 86.0 Å². The number of piperazine rings is 1. The maximum atomic E-state index is 11.4. The second kappa shape index (κ2) is 15.5. The normalized spacial score (nSPS) is 16.2. The zero-order valence-electron chi connectivity index (χ0n) is 16.1. The number of hydrogen-bond donors (Lipinski definition) is 1. The van der Waals surface area contributed by atoms with Gasteiger partial charge in [0.1, 0.15) is 0 Å². The molecule has 1 heterocycles. The molecule has 1 rings (SSSR count). The Hall–Kier alpha value is -0.730. The van der Waals surface area contributed by atoms with Crippen molar-refractivity contribution in [3.8, 4) is 0 Å². The van der Waals surface area contributed by atoms with Gasteiger partial charge in [-0.1, -0.05) is 13.3 Å². The molecule has 1 saturated heterocycles. The Morgan fingerprint density at radius 2 is 1.52 bits per heavy atom. The minimum atomic E-state index is 0.115. The van der Waals surface area contributed by atoms with Crippen molar-refractivity contribution in [3.63, 3.8) is 0 Å². The van der Waals surface area contributed by atoms with Crippen LogP contribution in [0.15, 0.2) is 0 Å². The van der Waals surface area contributed by atoms with Crippen molar-refractivity contribution >= 4 is 5.91 Å². The van der Waals surface area contributed by atoms with Crippen LogP contribution in [0.5, 0.6) is 0 Å². The fraction of sp³-hybridized carbons (Fsp3) is 0.944. The van der Waals surface area contributed by atoms with Crippen LogP contribution in [0.25, 0.3) is 0 Å². The van der Waals surface area contributed by atoms with Crippen LogP contribution in [-0.4, -0.2) is 102 Å². The van der Waals surface area contributed by atoms with E-state index in [4.69, 9.17) is 14.2 Å². The average Bonchev–Trinajstić information content (AvgIpc) is 2.64. The van der Waals surface area contributed by atoms with Gasteiger partial charge in [-0.3, -0.25) is 14.6 Å². The molecule has 0 aliphatic carbocycles. The molecular formula is C18H37N3O4. The zero-order chi connectivity index (χ0) is 18.2. The SMILES string of the molecule is CCCCC(=O)NCCOCCOCCN1CCN(CCOC)CC1.